The Kier molecular flexibility index (Phi) is 8.61. The standard InChI is InChI=1S/C23H15Cl3F3N3O3/c24-16-5-7-20(35-12-13-4-6-18(25)19(26)8-13)14(9-16)11-30-32-22(34)21(33)31-17-3-1-2-15(10-17)23(27,28)29/h1-11H,12H2,(H,31,33)(H,32,34)/b30-11-. The molecule has 0 saturated heterocycles. The molecule has 0 unspecified atom stereocenters. The summed E-state index contributed by atoms with van der Waals surface area (Å²) in [6.45, 7) is 0.144. The fourth-order valence-electron chi connectivity index (χ4n) is 2.71. The predicted molar refractivity (Wildman–Crippen MR) is 128 cm³/mol. The summed E-state index contributed by atoms with van der Waals surface area (Å²) in [4.78, 5) is 24.0. The summed E-state index contributed by atoms with van der Waals surface area (Å²) >= 11 is 17.9. The van der Waals surface area contributed by atoms with E-state index in [2.05, 4.69) is 10.4 Å². The Morgan fingerprint density at radius 3 is 2.43 bits per heavy atom. The van der Waals surface area contributed by atoms with E-state index < -0.39 is 23.6 Å². The van der Waals surface area contributed by atoms with Gasteiger partial charge in [0.1, 0.15) is 12.4 Å². The zero-order chi connectivity index (χ0) is 25.6. The lowest BCUT2D eigenvalue weighted by Crippen LogP contribution is -2.32. The van der Waals surface area contributed by atoms with Crippen LogP contribution in [-0.2, 0) is 22.4 Å². The van der Waals surface area contributed by atoms with Crippen LogP contribution in [0.2, 0.25) is 15.1 Å². The zero-order valence-corrected chi connectivity index (χ0v) is 19.8. The maximum absolute atomic E-state index is 12.8. The van der Waals surface area contributed by atoms with Crippen molar-refractivity contribution in [3.63, 3.8) is 0 Å². The molecule has 0 spiro atoms. The zero-order valence-electron chi connectivity index (χ0n) is 17.5. The topological polar surface area (TPSA) is 79.8 Å². The Hall–Kier alpha value is -3.27. The molecule has 3 aromatic carbocycles. The van der Waals surface area contributed by atoms with Crippen LogP contribution in [0.5, 0.6) is 5.75 Å². The molecule has 0 radical (unpaired) electrons. The van der Waals surface area contributed by atoms with Crippen molar-refractivity contribution in [2.75, 3.05) is 5.32 Å². The minimum Gasteiger partial charge on any atom is -0.488 e. The summed E-state index contributed by atoms with van der Waals surface area (Å²) in [7, 11) is 0. The number of ether oxygens (including phenoxy) is 1. The molecule has 3 aromatic rings. The van der Waals surface area contributed by atoms with Crippen molar-refractivity contribution < 1.29 is 27.5 Å². The highest BCUT2D eigenvalue weighted by Crippen LogP contribution is 2.30. The van der Waals surface area contributed by atoms with Crippen molar-refractivity contribution in [2.24, 2.45) is 5.10 Å². The highest BCUT2D eigenvalue weighted by molar-refractivity contribution is 6.42. The van der Waals surface area contributed by atoms with E-state index in [1.165, 1.54) is 18.3 Å². The van der Waals surface area contributed by atoms with Gasteiger partial charge in [-0.2, -0.15) is 18.3 Å². The molecule has 0 atom stereocenters. The van der Waals surface area contributed by atoms with Gasteiger partial charge in [-0.05, 0) is 54.1 Å². The number of nitrogens with zero attached hydrogens (tertiary/aromatic N) is 1. The van der Waals surface area contributed by atoms with Gasteiger partial charge in [0.05, 0.1) is 21.8 Å². The minimum absolute atomic E-state index is 0.144. The maximum atomic E-state index is 12.8. The van der Waals surface area contributed by atoms with Crippen LogP contribution in [0.15, 0.2) is 65.8 Å². The van der Waals surface area contributed by atoms with Crippen molar-refractivity contribution >= 4 is 58.5 Å². The van der Waals surface area contributed by atoms with Crippen LogP contribution in [0.3, 0.4) is 0 Å². The van der Waals surface area contributed by atoms with Gasteiger partial charge in [0.2, 0.25) is 0 Å². The predicted octanol–water partition coefficient (Wildman–Crippen LogP) is 6.33. The molecule has 0 fully saturated rings. The number of hydrogen-bond acceptors (Lipinski definition) is 4. The molecule has 0 aliphatic heterocycles. The molecular formula is C23H15Cl3F3N3O3. The first-order valence-electron chi connectivity index (χ1n) is 9.71. The quantitative estimate of drug-likeness (QED) is 0.216. The molecule has 0 aliphatic carbocycles. The molecule has 2 amide bonds. The summed E-state index contributed by atoms with van der Waals surface area (Å²) in [5, 5.41) is 6.92. The largest absolute Gasteiger partial charge is 0.488 e. The van der Waals surface area contributed by atoms with E-state index in [-0.39, 0.29) is 12.3 Å². The Labute approximate surface area is 212 Å². The molecule has 6 nitrogen and oxygen atoms in total. The van der Waals surface area contributed by atoms with E-state index in [9.17, 15) is 22.8 Å². The average molecular weight is 545 g/mol. The molecule has 12 heteroatoms. The lowest BCUT2D eigenvalue weighted by atomic mass is 10.2. The van der Waals surface area contributed by atoms with Gasteiger partial charge in [0.25, 0.3) is 0 Å². The molecule has 0 aromatic heterocycles. The smallest absolute Gasteiger partial charge is 0.416 e. The number of rotatable bonds is 6. The monoisotopic (exact) mass is 543 g/mol. The van der Waals surface area contributed by atoms with Gasteiger partial charge in [0, 0.05) is 16.3 Å². The van der Waals surface area contributed by atoms with E-state index >= 15 is 0 Å². The molecule has 2 N–H and O–H groups in total. The van der Waals surface area contributed by atoms with Crippen molar-refractivity contribution in [1.29, 1.82) is 0 Å². The van der Waals surface area contributed by atoms with Gasteiger partial charge in [-0.1, -0.05) is 46.9 Å². The molecule has 0 aliphatic rings. The Morgan fingerprint density at radius 1 is 0.943 bits per heavy atom. The fourth-order valence-corrected chi connectivity index (χ4v) is 3.22. The normalized spacial score (nSPS) is 11.4. The van der Waals surface area contributed by atoms with Gasteiger partial charge in [-0.15, -0.1) is 0 Å². The summed E-state index contributed by atoms with van der Waals surface area (Å²) in [6.07, 6.45) is -3.39. The third-order valence-corrected chi connectivity index (χ3v) is 5.35. The molecule has 0 saturated carbocycles. The number of amides is 2. The number of hydrogen-bond donors (Lipinski definition) is 2. The van der Waals surface area contributed by atoms with Gasteiger partial charge in [-0.3, -0.25) is 9.59 Å². The van der Waals surface area contributed by atoms with Crippen LogP contribution in [0.25, 0.3) is 0 Å². The van der Waals surface area contributed by atoms with Crippen molar-refractivity contribution in [3.05, 3.63) is 92.4 Å². The van der Waals surface area contributed by atoms with Gasteiger partial charge in [-0.25, -0.2) is 5.43 Å². The molecule has 35 heavy (non-hydrogen) atoms. The summed E-state index contributed by atoms with van der Waals surface area (Å²) in [5.41, 5.74) is 1.96. The number of alkyl halides is 3. The highest BCUT2D eigenvalue weighted by atomic mass is 35.5. The first-order chi connectivity index (χ1) is 16.5. The van der Waals surface area contributed by atoms with Crippen LogP contribution in [0.1, 0.15) is 16.7 Å². The Balaban J connectivity index is 1.63. The van der Waals surface area contributed by atoms with Crippen molar-refractivity contribution in [1.82, 2.24) is 5.43 Å². The van der Waals surface area contributed by atoms with Gasteiger partial charge >= 0.3 is 18.0 Å². The number of halogens is 6. The van der Waals surface area contributed by atoms with Crippen LogP contribution in [-0.4, -0.2) is 18.0 Å². The number of anilines is 1. The maximum Gasteiger partial charge on any atom is 0.416 e. The number of benzene rings is 3. The third-order valence-electron chi connectivity index (χ3n) is 4.37. The lowest BCUT2D eigenvalue weighted by Gasteiger charge is -2.10. The highest BCUT2D eigenvalue weighted by Gasteiger charge is 2.30. The number of hydrazone groups is 1. The summed E-state index contributed by atoms with van der Waals surface area (Å²) in [6, 6.07) is 13.6. The van der Waals surface area contributed by atoms with Crippen LogP contribution < -0.4 is 15.5 Å². The van der Waals surface area contributed by atoms with E-state index in [1.54, 1.807) is 30.3 Å². The molecule has 182 valence electrons. The summed E-state index contributed by atoms with van der Waals surface area (Å²) in [5.74, 6) is -2.03. The van der Waals surface area contributed by atoms with Crippen molar-refractivity contribution in [3.8, 4) is 5.75 Å². The number of carbonyl (C=O) groups is 2. The van der Waals surface area contributed by atoms with Gasteiger partial charge in [0.15, 0.2) is 0 Å². The van der Waals surface area contributed by atoms with Crippen LogP contribution in [0, 0.1) is 0 Å². The number of carbonyl (C=O) groups excluding carboxylic acids is 2. The first kappa shape index (κ1) is 26.3. The van der Waals surface area contributed by atoms with Crippen LogP contribution >= 0.6 is 34.8 Å². The van der Waals surface area contributed by atoms with Gasteiger partial charge < -0.3 is 10.1 Å². The second-order valence-electron chi connectivity index (χ2n) is 6.95. The Bertz CT molecular complexity index is 1280. The fraction of sp³-hybridized carbons (Fsp3) is 0.0870. The summed E-state index contributed by atoms with van der Waals surface area (Å²) < 4.78 is 44.1. The Morgan fingerprint density at radius 2 is 1.71 bits per heavy atom. The molecule has 3 rings (SSSR count). The van der Waals surface area contributed by atoms with E-state index in [0.717, 1.165) is 17.7 Å². The SMILES string of the molecule is O=C(N/N=C\c1cc(Cl)ccc1OCc1ccc(Cl)c(Cl)c1)C(=O)Nc1cccc(C(F)(F)F)c1. The minimum atomic E-state index is -4.59. The lowest BCUT2D eigenvalue weighted by molar-refractivity contribution is -0.137. The average Bonchev–Trinajstić information content (AvgIpc) is 2.80. The third kappa shape index (κ3) is 7.61. The second-order valence-corrected chi connectivity index (χ2v) is 8.20. The molecular weight excluding hydrogens is 530 g/mol. The van der Waals surface area contributed by atoms with Crippen molar-refractivity contribution in [2.45, 2.75) is 12.8 Å². The van der Waals surface area contributed by atoms with E-state index in [4.69, 9.17) is 39.5 Å². The van der Waals surface area contributed by atoms with Crippen LogP contribution in [0.4, 0.5) is 18.9 Å². The molecule has 0 heterocycles. The second kappa shape index (κ2) is 11.4. The number of nitrogens with one attached hydrogen (secondary N) is 2. The van der Waals surface area contributed by atoms with E-state index in [1.807, 2.05) is 5.43 Å². The van der Waals surface area contributed by atoms with E-state index in [0.29, 0.717) is 32.4 Å². The first-order valence-corrected chi connectivity index (χ1v) is 10.8. The molecule has 0 bridgehead atoms.